The Morgan fingerprint density at radius 2 is 1.55 bits per heavy atom. The summed E-state index contributed by atoms with van der Waals surface area (Å²) in [5.41, 5.74) is 3.78. The largest absolute Gasteiger partial charge is 0.490 e. The molecular weight excluding hydrogens is 412 g/mol. The number of halogens is 3. The van der Waals surface area contributed by atoms with Gasteiger partial charge in [0, 0.05) is 28.9 Å². The average Bonchev–Trinajstić information content (AvgIpc) is 2.69. The molecule has 0 saturated heterocycles. The molecule has 0 aliphatic heterocycles. The molecule has 0 aliphatic rings. The highest BCUT2D eigenvalue weighted by atomic mass is 35.5. The van der Waals surface area contributed by atoms with Crippen LogP contribution in [0, 0.1) is 12.7 Å². The summed E-state index contributed by atoms with van der Waals surface area (Å²) in [5, 5.41) is 4.23. The smallest absolute Gasteiger partial charge is 0.163 e. The fourth-order valence-corrected chi connectivity index (χ4v) is 3.20. The van der Waals surface area contributed by atoms with Crippen LogP contribution >= 0.6 is 23.2 Å². The molecule has 0 unspecified atom stereocenters. The molecule has 0 fully saturated rings. The Balaban J connectivity index is 1.75. The zero-order valence-electron chi connectivity index (χ0n) is 16.3. The van der Waals surface area contributed by atoms with Gasteiger partial charge in [0.1, 0.15) is 12.4 Å². The monoisotopic (exact) mass is 433 g/mol. The number of hydrogen-bond acceptors (Lipinski definition) is 3. The molecule has 1 N–H and O–H groups in total. The molecule has 3 rings (SSSR count). The Kier molecular flexibility index (Phi) is 7.24. The molecule has 0 bridgehead atoms. The van der Waals surface area contributed by atoms with Crippen LogP contribution in [-0.2, 0) is 13.2 Å². The number of benzene rings is 3. The van der Waals surface area contributed by atoms with E-state index in [1.807, 2.05) is 44.2 Å². The summed E-state index contributed by atoms with van der Waals surface area (Å²) >= 11 is 12.6. The molecule has 0 aromatic heterocycles. The van der Waals surface area contributed by atoms with Crippen LogP contribution in [0.15, 0.2) is 54.6 Å². The minimum Gasteiger partial charge on any atom is -0.490 e. The van der Waals surface area contributed by atoms with Crippen molar-refractivity contribution in [3.63, 3.8) is 0 Å². The molecule has 6 heteroatoms. The van der Waals surface area contributed by atoms with Gasteiger partial charge in [-0.25, -0.2) is 4.39 Å². The third-order valence-electron chi connectivity index (χ3n) is 4.35. The summed E-state index contributed by atoms with van der Waals surface area (Å²) in [6, 6.07) is 16.0. The Morgan fingerprint density at radius 1 is 0.862 bits per heavy atom. The van der Waals surface area contributed by atoms with Gasteiger partial charge in [-0.3, -0.25) is 0 Å². The number of anilines is 1. The van der Waals surface area contributed by atoms with Gasteiger partial charge in [-0.1, -0.05) is 47.0 Å². The van der Waals surface area contributed by atoms with Crippen molar-refractivity contribution in [3.05, 3.63) is 87.2 Å². The second kappa shape index (κ2) is 9.86. The summed E-state index contributed by atoms with van der Waals surface area (Å²) in [7, 11) is 0. The normalized spacial score (nSPS) is 10.7. The van der Waals surface area contributed by atoms with Crippen molar-refractivity contribution >= 4 is 28.9 Å². The molecule has 0 heterocycles. The van der Waals surface area contributed by atoms with E-state index in [1.54, 1.807) is 12.1 Å². The molecule has 0 spiro atoms. The van der Waals surface area contributed by atoms with Crippen LogP contribution in [-0.4, -0.2) is 6.61 Å². The molecule has 152 valence electrons. The highest BCUT2D eigenvalue weighted by Crippen LogP contribution is 2.35. The van der Waals surface area contributed by atoms with Crippen LogP contribution in [0.2, 0.25) is 10.0 Å². The van der Waals surface area contributed by atoms with E-state index in [0.717, 1.165) is 11.3 Å². The number of nitrogens with one attached hydrogen (secondary N) is 1. The molecule has 29 heavy (non-hydrogen) atoms. The summed E-state index contributed by atoms with van der Waals surface area (Å²) in [6.07, 6.45) is 0. The summed E-state index contributed by atoms with van der Waals surface area (Å²) in [5.74, 6) is 0.717. The minimum absolute atomic E-state index is 0.177. The van der Waals surface area contributed by atoms with Gasteiger partial charge in [-0.15, -0.1) is 0 Å². The second-order valence-electron chi connectivity index (χ2n) is 6.57. The first-order valence-corrected chi connectivity index (χ1v) is 10.0. The van der Waals surface area contributed by atoms with E-state index in [9.17, 15) is 4.39 Å². The highest BCUT2D eigenvalue weighted by Gasteiger charge is 2.13. The molecule has 0 radical (unpaired) electrons. The van der Waals surface area contributed by atoms with Gasteiger partial charge in [0.2, 0.25) is 0 Å². The van der Waals surface area contributed by atoms with Crippen LogP contribution in [0.3, 0.4) is 0 Å². The summed E-state index contributed by atoms with van der Waals surface area (Å²) in [4.78, 5) is 0. The SMILES string of the molecule is CCOc1cc(CNc2ccc(C)cc2)c(Cl)cc1OCc1ccc(F)cc1Cl. The number of aryl methyl sites for hydroxylation is 1. The van der Waals surface area contributed by atoms with Gasteiger partial charge in [0.25, 0.3) is 0 Å². The number of ether oxygens (including phenoxy) is 2. The standard InChI is InChI=1S/C23H22Cl2FNO2/c1-3-28-22-10-17(13-27-19-8-4-15(2)5-9-19)21(25)12-23(22)29-14-16-6-7-18(26)11-20(16)24/h4-12,27H,3,13-14H2,1-2H3. The van der Waals surface area contributed by atoms with Crippen molar-refractivity contribution in [2.45, 2.75) is 27.0 Å². The Bertz CT molecular complexity index is 977. The Morgan fingerprint density at radius 3 is 2.24 bits per heavy atom. The Hall–Kier alpha value is -2.43. The number of rotatable bonds is 8. The lowest BCUT2D eigenvalue weighted by Crippen LogP contribution is -2.04. The third kappa shape index (κ3) is 5.78. The summed E-state index contributed by atoms with van der Waals surface area (Å²) in [6.45, 7) is 5.16. The van der Waals surface area contributed by atoms with Crippen molar-refractivity contribution in [1.82, 2.24) is 0 Å². The maximum atomic E-state index is 13.2. The van der Waals surface area contributed by atoms with Gasteiger partial charge in [-0.2, -0.15) is 0 Å². The average molecular weight is 434 g/mol. The molecule has 3 nitrogen and oxygen atoms in total. The van der Waals surface area contributed by atoms with Gasteiger partial charge in [0.15, 0.2) is 11.5 Å². The van der Waals surface area contributed by atoms with Crippen LogP contribution in [0.4, 0.5) is 10.1 Å². The quantitative estimate of drug-likeness (QED) is 0.413. The van der Waals surface area contributed by atoms with Gasteiger partial charge in [-0.05, 0) is 49.7 Å². The topological polar surface area (TPSA) is 30.5 Å². The van der Waals surface area contributed by atoms with Crippen molar-refractivity contribution in [1.29, 1.82) is 0 Å². The van der Waals surface area contributed by atoms with E-state index in [-0.39, 0.29) is 12.4 Å². The van der Waals surface area contributed by atoms with Crippen LogP contribution in [0.1, 0.15) is 23.6 Å². The zero-order valence-corrected chi connectivity index (χ0v) is 17.8. The van der Waals surface area contributed by atoms with Crippen molar-refractivity contribution in [2.75, 3.05) is 11.9 Å². The van der Waals surface area contributed by atoms with Crippen molar-refractivity contribution < 1.29 is 13.9 Å². The maximum absolute atomic E-state index is 13.2. The molecule has 3 aromatic carbocycles. The van der Waals surface area contributed by atoms with Crippen molar-refractivity contribution in [2.24, 2.45) is 0 Å². The second-order valence-corrected chi connectivity index (χ2v) is 7.38. The third-order valence-corrected chi connectivity index (χ3v) is 5.05. The number of hydrogen-bond donors (Lipinski definition) is 1. The van der Waals surface area contributed by atoms with E-state index in [0.29, 0.717) is 40.3 Å². The first kappa shape index (κ1) is 21.3. The molecule has 0 aliphatic carbocycles. The van der Waals surface area contributed by atoms with E-state index in [1.165, 1.54) is 17.7 Å². The predicted octanol–water partition coefficient (Wildman–Crippen LogP) is 7.03. The van der Waals surface area contributed by atoms with Crippen LogP contribution in [0.5, 0.6) is 11.5 Å². The lowest BCUT2D eigenvalue weighted by atomic mass is 10.1. The van der Waals surface area contributed by atoms with Crippen molar-refractivity contribution in [3.8, 4) is 11.5 Å². The first-order valence-electron chi connectivity index (χ1n) is 9.28. The molecule has 0 amide bonds. The van der Waals surface area contributed by atoms with E-state index in [2.05, 4.69) is 5.32 Å². The van der Waals surface area contributed by atoms with E-state index in [4.69, 9.17) is 32.7 Å². The molecule has 0 atom stereocenters. The maximum Gasteiger partial charge on any atom is 0.163 e. The van der Waals surface area contributed by atoms with Gasteiger partial charge in [0.05, 0.1) is 11.6 Å². The fraction of sp³-hybridized carbons (Fsp3) is 0.217. The molecule has 3 aromatic rings. The lowest BCUT2D eigenvalue weighted by molar-refractivity contribution is 0.269. The summed E-state index contributed by atoms with van der Waals surface area (Å²) < 4.78 is 24.8. The molecule has 0 saturated carbocycles. The zero-order chi connectivity index (χ0) is 20.8. The highest BCUT2D eigenvalue weighted by molar-refractivity contribution is 6.31. The van der Waals surface area contributed by atoms with Gasteiger partial charge < -0.3 is 14.8 Å². The minimum atomic E-state index is -0.387. The van der Waals surface area contributed by atoms with Crippen LogP contribution in [0.25, 0.3) is 0 Å². The van der Waals surface area contributed by atoms with Gasteiger partial charge >= 0.3 is 0 Å². The first-order chi connectivity index (χ1) is 14.0. The van der Waals surface area contributed by atoms with E-state index < -0.39 is 0 Å². The fourth-order valence-electron chi connectivity index (χ4n) is 2.76. The molecular formula is C23H22Cl2FNO2. The lowest BCUT2D eigenvalue weighted by Gasteiger charge is -2.16. The van der Waals surface area contributed by atoms with E-state index >= 15 is 0 Å². The van der Waals surface area contributed by atoms with Crippen LogP contribution < -0.4 is 14.8 Å². The predicted molar refractivity (Wildman–Crippen MR) is 117 cm³/mol. The Labute approximate surface area is 180 Å².